The molecule has 5 rings (SSSR count). The Balaban J connectivity index is 1.52. The number of ketones is 1. The van der Waals surface area contributed by atoms with Crippen LogP contribution in [0.5, 0.6) is 11.5 Å². The molecule has 1 atom stereocenters. The topological polar surface area (TPSA) is 139 Å². The smallest absolute Gasteiger partial charge is 0.407 e. The van der Waals surface area contributed by atoms with Gasteiger partial charge in [0.05, 0.1) is 18.7 Å². The average Bonchev–Trinajstić information content (AvgIpc) is 3.35. The van der Waals surface area contributed by atoms with E-state index in [2.05, 4.69) is 17.2 Å². The lowest BCUT2D eigenvalue weighted by Gasteiger charge is -2.34. The van der Waals surface area contributed by atoms with Crippen molar-refractivity contribution in [3.8, 4) is 23.3 Å². The van der Waals surface area contributed by atoms with Gasteiger partial charge in [0.2, 0.25) is 5.95 Å². The third kappa shape index (κ3) is 6.09. The van der Waals surface area contributed by atoms with E-state index in [0.29, 0.717) is 37.1 Å². The van der Waals surface area contributed by atoms with Crippen LogP contribution in [0.4, 0.5) is 10.7 Å². The number of nitrogens with one attached hydrogen (secondary N) is 1. The number of aromatic nitrogens is 4. The molecule has 2 aliphatic rings. The molecule has 0 saturated carbocycles. The van der Waals surface area contributed by atoms with E-state index in [1.54, 1.807) is 50.5 Å². The molecule has 13 nitrogen and oxygen atoms in total. The summed E-state index contributed by atoms with van der Waals surface area (Å²) in [5, 5.41) is 2.93. The number of aryl methyl sites for hydroxylation is 1. The Morgan fingerprint density at radius 1 is 1.16 bits per heavy atom. The van der Waals surface area contributed by atoms with Crippen LogP contribution in [0.15, 0.2) is 27.8 Å². The van der Waals surface area contributed by atoms with E-state index < -0.39 is 35.3 Å². The van der Waals surface area contributed by atoms with Crippen molar-refractivity contribution >= 4 is 29.0 Å². The Morgan fingerprint density at radius 3 is 2.67 bits per heavy atom. The number of hydrogen-bond acceptors (Lipinski definition) is 9. The molecule has 0 bridgehead atoms. The molecule has 1 amide bonds. The molecule has 0 spiro atoms. The molecule has 1 N–H and O–H groups in total. The van der Waals surface area contributed by atoms with E-state index in [0.717, 1.165) is 17.4 Å². The molecule has 0 unspecified atom stereocenters. The summed E-state index contributed by atoms with van der Waals surface area (Å²) in [4.78, 5) is 59.9. The summed E-state index contributed by atoms with van der Waals surface area (Å²) < 4.78 is 20.5. The second-order valence-corrected chi connectivity index (χ2v) is 11.5. The van der Waals surface area contributed by atoms with Gasteiger partial charge in [-0.3, -0.25) is 23.3 Å². The maximum absolute atomic E-state index is 13.9. The number of benzene rings is 1. The minimum absolute atomic E-state index is 0.141. The Kier molecular flexibility index (Phi) is 8.21. The number of imidazole rings is 1. The van der Waals surface area contributed by atoms with Gasteiger partial charge in [0.15, 0.2) is 28.4 Å². The van der Waals surface area contributed by atoms with Gasteiger partial charge in [-0.15, -0.1) is 5.92 Å². The number of carbonyl (C=O) groups is 2. The second-order valence-electron chi connectivity index (χ2n) is 11.5. The van der Waals surface area contributed by atoms with Crippen molar-refractivity contribution in [3.63, 3.8) is 0 Å². The molecular formula is C30H36N6O7. The van der Waals surface area contributed by atoms with Gasteiger partial charge >= 0.3 is 11.8 Å². The number of Topliss-reactive ketones (excluding diaryl/α,β-unsaturated/α-hetero) is 1. The van der Waals surface area contributed by atoms with Crippen molar-refractivity contribution < 1.29 is 23.8 Å². The number of fused-ring (bicyclic) bond motifs is 2. The quantitative estimate of drug-likeness (QED) is 0.337. The van der Waals surface area contributed by atoms with Crippen LogP contribution in [0.25, 0.3) is 11.2 Å². The summed E-state index contributed by atoms with van der Waals surface area (Å²) in [5.41, 5.74) is -1.38. The zero-order valence-corrected chi connectivity index (χ0v) is 25.1. The number of carbonyl (C=O) groups excluding carboxylic acids is 2. The number of amides is 1. The molecule has 1 saturated heterocycles. The van der Waals surface area contributed by atoms with Gasteiger partial charge in [-0.05, 0) is 52.7 Å². The first kappa shape index (κ1) is 29.8. The van der Waals surface area contributed by atoms with Crippen molar-refractivity contribution in [1.29, 1.82) is 0 Å². The van der Waals surface area contributed by atoms with Crippen LogP contribution < -0.4 is 30.9 Å². The largest absolute Gasteiger partial charge is 0.486 e. The number of anilines is 1. The van der Waals surface area contributed by atoms with Crippen molar-refractivity contribution in [2.75, 3.05) is 31.2 Å². The fraction of sp³-hybridized carbons (Fsp3) is 0.500. The molecule has 0 aliphatic carbocycles. The summed E-state index contributed by atoms with van der Waals surface area (Å²) in [6.07, 6.45) is 1.00. The SMILES string of the molecule is CC#CCn1c(N2CCC[C@H](NC(=O)OC(C)(C)C)C2)nc2c1c(=O)n(CC(=O)c1cccc3c1OCCO3)c(=O)n2C. The van der Waals surface area contributed by atoms with Gasteiger partial charge in [0, 0.05) is 26.2 Å². The highest BCUT2D eigenvalue weighted by molar-refractivity contribution is 5.99. The monoisotopic (exact) mass is 592 g/mol. The van der Waals surface area contributed by atoms with Crippen LogP contribution in [-0.4, -0.2) is 68.5 Å². The molecule has 43 heavy (non-hydrogen) atoms. The Morgan fingerprint density at radius 2 is 1.93 bits per heavy atom. The lowest BCUT2D eigenvalue weighted by molar-refractivity contribution is 0.0499. The first-order chi connectivity index (χ1) is 20.5. The second kappa shape index (κ2) is 11.9. The molecule has 3 aromatic rings. The number of para-hydroxylation sites is 1. The minimum Gasteiger partial charge on any atom is -0.486 e. The number of nitrogens with zero attached hydrogens (tertiary/aromatic N) is 5. The summed E-state index contributed by atoms with van der Waals surface area (Å²) in [5.74, 6) is 6.58. The lowest BCUT2D eigenvalue weighted by Crippen LogP contribution is -2.49. The number of hydrogen-bond donors (Lipinski definition) is 1. The van der Waals surface area contributed by atoms with Gasteiger partial charge in [0.1, 0.15) is 18.8 Å². The van der Waals surface area contributed by atoms with E-state index in [9.17, 15) is 19.2 Å². The predicted molar refractivity (Wildman–Crippen MR) is 159 cm³/mol. The highest BCUT2D eigenvalue weighted by atomic mass is 16.6. The molecule has 2 aliphatic heterocycles. The molecule has 0 radical (unpaired) electrons. The van der Waals surface area contributed by atoms with Crippen LogP contribution in [-0.2, 0) is 24.9 Å². The fourth-order valence-corrected chi connectivity index (χ4v) is 5.32. The van der Waals surface area contributed by atoms with Crippen molar-refractivity contribution in [2.24, 2.45) is 7.05 Å². The first-order valence-corrected chi connectivity index (χ1v) is 14.2. The first-order valence-electron chi connectivity index (χ1n) is 14.2. The van der Waals surface area contributed by atoms with Crippen LogP contribution in [0.3, 0.4) is 0 Å². The lowest BCUT2D eigenvalue weighted by atomic mass is 10.1. The molecule has 2 aromatic heterocycles. The van der Waals surface area contributed by atoms with E-state index in [4.69, 9.17) is 19.2 Å². The Hall–Kier alpha value is -4.73. The molecule has 1 fully saturated rings. The molecule has 4 heterocycles. The van der Waals surface area contributed by atoms with Crippen molar-refractivity contribution in [1.82, 2.24) is 24.0 Å². The van der Waals surface area contributed by atoms with Crippen LogP contribution in [0.2, 0.25) is 0 Å². The average molecular weight is 593 g/mol. The molecule has 13 heteroatoms. The number of ether oxygens (including phenoxy) is 3. The zero-order valence-electron chi connectivity index (χ0n) is 25.1. The molecular weight excluding hydrogens is 556 g/mol. The predicted octanol–water partition coefficient (Wildman–Crippen LogP) is 2.07. The highest BCUT2D eigenvalue weighted by Crippen LogP contribution is 2.34. The fourth-order valence-electron chi connectivity index (χ4n) is 5.32. The maximum Gasteiger partial charge on any atom is 0.407 e. The number of piperidine rings is 1. The zero-order chi connectivity index (χ0) is 30.9. The van der Waals surface area contributed by atoms with Crippen molar-refractivity contribution in [3.05, 3.63) is 44.6 Å². The molecule has 1 aromatic carbocycles. The van der Waals surface area contributed by atoms with Crippen molar-refractivity contribution in [2.45, 2.75) is 65.3 Å². The van der Waals surface area contributed by atoms with Gasteiger partial charge in [-0.2, -0.15) is 4.98 Å². The van der Waals surface area contributed by atoms with E-state index >= 15 is 0 Å². The summed E-state index contributed by atoms with van der Waals surface area (Å²) in [6, 6.07) is 4.74. The summed E-state index contributed by atoms with van der Waals surface area (Å²) in [7, 11) is 1.52. The minimum atomic E-state index is -0.672. The third-order valence-electron chi connectivity index (χ3n) is 7.22. The maximum atomic E-state index is 13.9. The van der Waals surface area contributed by atoms with Crippen LogP contribution in [0.1, 0.15) is 50.9 Å². The summed E-state index contributed by atoms with van der Waals surface area (Å²) in [6.45, 7) is 8.44. The van der Waals surface area contributed by atoms with Crippen LogP contribution in [0, 0.1) is 11.8 Å². The van der Waals surface area contributed by atoms with Gasteiger partial charge in [0.25, 0.3) is 5.56 Å². The molecule has 228 valence electrons. The van der Waals surface area contributed by atoms with Crippen LogP contribution >= 0.6 is 0 Å². The van der Waals surface area contributed by atoms with E-state index in [1.165, 1.54) is 11.6 Å². The van der Waals surface area contributed by atoms with E-state index in [-0.39, 0.29) is 35.9 Å². The number of rotatable bonds is 6. The van der Waals surface area contributed by atoms with Gasteiger partial charge < -0.3 is 24.4 Å². The summed E-state index contributed by atoms with van der Waals surface area (Å²) >= 11 is 0. The number of alkyl carbamates (subject to hydrolysis) is 1. The standard InChI is InChI=1S/C30H36N6O7/c1-6-7-14-35-23-25(32-27(35)34-13-9-10-19(17-34)31-28(39)43-30(2,3)4)33(5)29(40)36(26(23)38)18-21(37)20-11-8-12-22-24(20)42-16-15-41-22/h8,11-12,19H,9-10,13-18H2,1-5H3,(H,31,39)/t19-/m0/s1. The highest BCUT2D eigenvalue weighted by Gasteiger charge is 2.30. The Labute approximate surface area is 248 Å². The third-order valence-corrected chi connectivity index (χ3v) is 7.22. The Bertz CT molecular complexity index is 1750. The normalized spacial score (nSPS) is 16.4. The van der Waals surface area contributed by atoms with Gasteiger partial charge in [-0.1, -0.05) is 12.0 Å². The van der Waals surface area contributed by atoms with Gasteiger partial charge in [-0.25, -0.2) is 9.59 Å². The van der Waals surface area contributed by atoms with E-state index in [1.807, 2.05) is 4.90 Å².